The molecule has 3 nitrogen and oxygen atoms in total. The zero-order valence-corrected chi connectivity index (χ0v) is 16.5. The Morgan fingerprint density at radius 1 is 1.15 bits per heavy atom. The van der Waals surface area contributed by atoms with Gasteiger partial charge in [-0.05, 0) is 73.5 Å². The average Bonchev–Trinajstić information content (AvgIpc) is 3.07. The third kappa shape index (κ3) is 5.09. The van der Waals surface area contributed by atoms with Crippen LogP contribution >= 0.6 is 0 Å². The maximum atomic E-state index is 9.51. The van der Waals surface area contributed by atoms with Crippen LogP contribution < -0.4 is 5.73 Å². The van der Waals surface area contributed by atoms with Crippen molar-refractivity contribution in [1.29, 1.82) is 0 Å². The van der Waals surface area contributed by atoms with Gasteiger partial charge in [0.1, 0.15) is 0 Å². The van der Waals surface area contributed by atoms with Gasteiger partial charge in [-0.25, -0.2) is 0 Å². The first-order valence-corrected chi connectivity index (χ1v) is 10.6. The van der Waals surface area contributed by atoms with Crippen LogP contribution in [-0.2, 0) is 17.6 Å². The fraction of sp³-hybridized carbons (Fsp3) is 0.739. The summed E-state index contributed by atoms with van der Waals surface area (Å²) in [6.07, 6.45) is 13.4. The highest BCUT2D eigenvalue weighted by Gasteiger charge is 2.36. The topological polar surface area (TPSA) is 55.5 Å². The molecule has 3 N–H and O–H groups in total. The fourth-order valence-electron chi connectivity index (χ4n) is 4.97. The van der Waals surface area contributed by atoms with Crippen molar-refractivity contribution < 1.29 is 9.84 Å². The Bertz CT molecular complexity index is 573. The van der Waals surface area contributed by atoms with Crippen LogP contribution in [0, 0.1) is 5.92 Å². The molecule has 1 fully saturated rings. The third-order valence-corrected chi connectivity index (χ3v) is 6.70. The quantitative estimate of drug-likeness (QED) is 0.645. The van der Waals surface area contributed by atoms with Gasteiger partial charge in [0.25, 0.3) is 0 Å². The second-order valence-corrected chi connectivity index (χ2v) is 8.79. The van der Waals surface area contributed by atoms with Crippen LogP contribution in [0.3, 0.4) is 0 Å². The molecule has 146 valence electrons. The normalized spacial score (nSPS) is 28.3. The lowest BCUT2D eigenvalue weighted by Gasteiger charge is -2.26. The first-order chi connectivity index (χ1) is 12.6. The Morgan fingerprint density at radius 2 is 2.00 bits per heavy atom. The number of unbranched alkanes of at least 4 members (excludes halogenated alkanes) is 3. The van der Waals surface area contributed by atoms with Gasteiger partial charge in [0.15, 0.2) is 0 Å². The largest absolute Gasteiger partial charge is 0.394 e. The molecule has 0 radical (unpaired) electrons. The standard InChI is InChI=1S/C23H37NO2/c1-26-13-5-3-2-4-6-18-7-8-20-15-21(10-9-19(20)14-18)22-11-12-23(24,16-22)17-25/h9-10,15,18,22,25H,2-8,11-14,16-17,24H2,1H3/t18?,22-,23+/m0/s1. The zero-order chi connectivity index (χ0) is 18.4. The Labute approximate surface area is 159 Å². The van der Waals surface area contributed by atoms with Crippen LogP contribution in [-0.4, -0.2) is 31.0 Å². The molecule has 3 heteroatoms. The van der Waals surface area contributed by atoms with Gasteiger partial charge in [-0.2, -0.15) is 0 Å². The van der Waals surface area contributed by atoms with Crippen molar-refractivity contribution in [2.45, 2.75) is 82.1 Å². The van der Waals surface area contributed by atoms with Gasteiger partial charge in [0.05, 0.1) is 6.61 Å². The highest BCUT2D eigenvalue weighted by molar-refractivity contribution is 5.36. The molecule has 3 rings (SSSR count). The van der Waals surface area contributed by atoms with Crippen LogP contribution in [0.1, 0.15) is 80.4 Å². The molecule has 0 aliphatic heterocycles. The molecule has 26 heavy (non-hydrogen) atoms. The summed E-state index contributed by atoms with van der Waals surface area (Å²) in [6, 6.07) is 7.16. The number of benzene rings is 1. The Morgan fingerprint density at radius 3 is 2.77 bits per heavy atom. The van der Waals surface area contributed by atoms with E-state index in [-0.39, 0.29) is 12.1 Å². The number of ether oxygens (including phenoxy) is 1. The maximum Gasteiger partial charge on any atom is 0.0611 e. The minimum absolute atomic E-state index is 0.113. The SMILES string of the molecule is COCCCCCCC1CCc2cc([C@H]3CC[C@](N)(CO)C3)ccc2C1. The predicted octanol–water partition coefficient (Wildman–Crippen LogP) is 4.35. The zero-order valence-electron chi connectivity index (χ0n) is 16.5. The molecule has 0 amide bonds. The van der Waals surface area contributed by atoms with E-state index in [1.807, 2.05) is 0 Å². The van der Waals surface area contributed by atoms with E-state index >= 15 is 0 Å². The highest BCUT2D eigenvalue weighted by Crippen LogP contribution is 2.40. The molecule has 0 heterocycles. The lowest BCUT2D eigenvalue weighted by molar-refractivity contribution is 0.191. The van der Waals surface area contributed by atoms with E-state index in [2.05, 4.69) is 18.2 Å². The number of rotatable bonds is 9. The van der Waals surface area contributed by atoms with E-state index in [4.69, 9.17) is 10.5 Å². The van der Waals surface area contributed by atoms with Crippen LogP contribution in [0.2, 0.25) is 0 Å². The molecule has 1 aromatic carbocycles. The molecular formula is C23H37NO2. The van der Waals surface area contributed by atoms with Gasteiger partial charge in [-0.15, -0.1) is 0 Å². The number of aliphatic hydroxyl groups is 1. The molecule has 0 spiro atoms. The number of aliphatic hydroxyl groups excluding tert-OH is 1. The number of nitrogens with two attached hydrogens (primary N) is 1. The number of hydrogen-bond donors (Lipinski definition) is 2. The molecule has 0 saturated heterocycles. The number of aryl methyl sites for hydroxylation is 1. The summed E-state index contributed by atoms with van der Waals surface area (Å²) in [5.41, 5.74) is 10.5. The summed E-state index contributed by atoms with van der Waals surface area (Å²) in [6.45, 7) is 1.02. The first kappa shape index (κ1) is 19.9. The van der Waals surface area contributed by atoms with Gasteiger partial charge in [-0.1, -0.05) is 43.9 Å². The molecule has 2 aliphatic rings. The summed E-state index contributed by atoms with van der Waals surface area (Å²) in [7, 11) is 1.79. The molecule has 0 bridgehead atoms. The monoisotopic (exact) mass is 359 g/mol. The van der Waals surface area contributed by atoms with Crippen LogP contribution in [0.5, 0.6) is 0 Å². The lowest BCUT2D eigenvalue weighted by Crippen LogP contribution is -2.40. The van der Waals surface area contributed by atoms with Crippen LogP contribution in [0.15, 0.2) is 18.2 Å². The molecule has 2 aliphatic carbocycles. The van der Waals surface area contributed by atoms with Crippen molar-refractivity contribution in [3.8, 4) is 0 Å². The van der Waals surface area contributed by atoms with Crippen molar-refractivity contribution in [2.75, 3.05) is 20.3 Å². The second-order valence-electron chi connectivity index (χ2n) is 8.79. The maximum absolute atomic E-state index is 9.51. The van der Waals surface area contributed by atoms with Crippen molar-refractivity contribution >= 4 is 0 Å². The van der Waals surface area contributed by atoms with E-state index < -0.39 is 0 Å². The van der Waals surface area contributed by atoms with E-state index in [0.717, 1.165) is 31.8 Å². The third-order valence-electron chi connectivity index (χ3n) is 6.70. The summed E-state index contributed by atoms with van der Waals surface area (Å²) >= 11 is 0. The number of methoxy groups -OCH3 is 1. The lowest BCUT2D eigenvalue weighted by atomic mass is 9.79. The molecule has 3 atom stereocenters. The minimum Gasteiger partial charge on any atom is -0.394 e. The van der Waals surface area contributed by atoms with Crippen molar-refractivity contribution in [3.63, 3.8) is 0 Å². The van der Waals surface area contributed by atoms with E-state index in [0.29, 0.717) is 5.92 Å². The van der Waals surface area contributed by atoms with Crippen molar-refractivity contribution in [3.05, 3.63) is 34.9 Å². The van der Waals surface area contributed by atoms with Crippen LogP contribution in [0.4, 0.5) is 0 Å². The minimum atomic E-state index is -0.352. The fourth-order valence-corrected chi connectivity index (χ4v) is 4.97. The number of fused-ring (bicyclic) bond motifs is 1. The molecule has 1 aromatic rings. The van der Waals surface area contributed by atoms with Crippen LogP contribution in [0.25, 0.3) is 0 Å². The number of hydrogen-bond acceptors (Lipinski definition) is 3. The Balaban J connectivity index is 1.48. The summed E-state index contributed by atoms with van der Waals surface area (Å²) < 4.78 is 5.12. The van der Waals surface area contributed by atoms with Gasteiger partial charge in [0, 0.05) is 19.3 Å². The molecule has 0 aromatic heterocycles. The molecule has 1 saturated carbocycles. The summed E-state index contributed by atoms with van der Waals surface area (Å²) in [4.78, 5) is 0. The van der Waals surface area contributed by atoms with Gasteiger partial charge >= 0.3 is 0 Å². The summed E-state index contributed by atoms with van der Waals surface area (Å²) in [5.74, 6) is 1.40. The van der Waals surface area contributed by atoms with E-state index in [1.54, 1.807) is 18.2 Å². The van der Waals surface area contributed by atoms with Crippen molar-refractivity contribution in [1.82, 2.24) is 0 Å². The van der Waals surface area contributed by atoms with E-state index in [9.17, 15) is 5.11 Å². The smallest absolute Gasteiger partial charge is 0.0611 e. The average molecular weight is 360 g/mol. The van der Waals surface area contributed by atoms with Gasteiger partial charge in [0.2, 0.25) is 0 Å². The molecular weight excluding hydrogens is 322 g/mol. The highest BCUT2D eigenvalue weighted by atomic mass is 16.5. The first-order valence-electron chi connectivity index (χ1n) is 10.6. The van der Waals surface area contributed by atoms with Gasteiger partial charge < -0.3 is 15.6 Å². The van der Waals surface area contributed by atoms with E-state index in [1.165, 1.54) is 56.9 Å². The Kier molecular flexibility index (Phi) is 7.13. The summed E-state index contributed by atoms with van der Waals surface area (Å²) in [5, 5.41) is 9.51. The predicted molar refractivity (Wildman–Crippen MR) is 108 cm³/mol. The van der Waals surface area contributed by atoms with Gasteiger partial charge in [-0.3, -0.25) is 0 Å². The second kappa shape index (κ2) is 9.34. The molecule has 1 unspecified atom stereocenters. The Hall–Kier alpha value is -0.900. The van der Waals surface area contributed by atoms with Crippen molar-refractivity contribution in [2.24, 2.45) is 11.7 Å².